The Bertz CT molecular complexity index is 692. The Morgan fingerprint density at radius 3 is 1.74 bits per heavy atom. The van der Waals surface area contributed by atoms with Gasteiger partial charge in [0, 0.05) is 5.92 Å². The summed E-state index contributed by atoms with van der Waals surface area (Å²) in [6.45, 7) is 9.29. The summed E-state index contributed by atoms with van der Waals surface area (Å²) >= 11 is 0. The van der Waals surface area contributed by atoms with Gasteiger partial charge in [-0.05, 0) is 50.4 Å². The van der Waals surface area contributed by atoms with E-state index in [0.717, 1.165) is 0 Å². The maximum absolute atomic E-state index is 13.5. The van der Waals surface area contributed by atoms with E-state index in [-0.39, 0.29) is 18.3 Å². The van der Waals surface area contributed by atoms with Crippen molar-refractivity contribution in [3.63, 3.8) is 0 Å². The molecule has 0 radical (unpaired) electrons. The second-order valence-electron chi connectivity index (χ2n) is 10.9. The highest BCUT2D eigenvalue weighted by Gasteiger charge is 2.74. The molecule has 1 fully saturated rings. The monoisotopic (exact) mass is 516 g/mol. The lowest BCUT2D eigenvalue weighted by atomic mass is 9.67. The summed E-state index contributed by atoms with van der Waals surface area (Å²) in [6.07, 6.45) is -21.3. The number of carbonyl (C=O) groups excluding carboxylic acids is 1. The molecule has 3 nitrogen and oxygen atoms in total. The van der Waals surface area contributed by atoms with Gasteiger partial charge in [-0.25, -0.2) is 0 Å². The molecule has 34 heavy (non-hydrogen) atoms. The lowest BCUT2D eigenvalue weighted by molar-refractivity contribution is -0.390. The van der Waals surface area contributed by atoms with Crippen molar-refractivity contribution in [2.45, 2.75) is 104 Å². The zero-order chi connectivity index (χ0) is 27.1. The van der Waals surface area contributed by atoms with Gasteiger partial charge in [0.1, 0.15) is 6.10 Å². The SMILES string of the molecule is CCC(C)(CC(C)(C)C)C(=O)OC1CC(C(C)C(F)(F)F)CC(C(O)(C(F)(F)F)C(F)(F)F)C1. The zero-order valence-corrected chi connectivity index (χ0v) is 20.0. The maximum atomic E-state index is 13.5. The predicted octanol–water partition coefficient (Wildman–Crippen LogP) is 7.22. The highest BCUT2D eigenvalue weighted by Crippen LogP contribution is 2.54. The Balaban J connectivity index is 3.40. The van der Waals surface area contributed by atoms with Crippen molar-refractivity contribution in [2.75, 3.05) is 0 Å². The number of hydrogen-bond donors (Lipinski definition) is 1. The predicted molar refractivity (Wildman–Crippen MR) is 105 cm³/mol. The third-order valence-corrected chi connectivity index (χ3v) is 6.85. The lowest BCUT2D eigenvalue weighted by Crippen LogP contribution is -2.63. The Kier molecular flexibility index (Phi) is 8.79. The number of halogens is 9. The summed E-state index contributed by atoms with van der Waals surface area (Å²) in [6, 6.07) is 0. The van der Waals surface area contributed by atoms with E-state index in [4.69, 9.17) is 4.74 Å². The van der Waals surface area contributed by atoms with Crippen molar-refractivity contribution in [2.24, 2.45) is 28.6 Å². The third kappa shape index (κ3) is 6.72. The Morgan fingerprint density at radius 1 is 0.912 bits per heavy atom. The minimum atomic E-state index is -6.20. The topological polar surface area (TPSA) is 46.5 Å². The number of rotatable bonds is 6. The Hall–Kier alpha value is -1.20. The Morgan fingerprint density at radius 2 is 1.38 bits per heavy atom. The van der Waals surface area contributed by atoms with Gasteiger partial charge in [-0.1, -0.05) is 34.6 Å². The van der Waals surface area contributed by atoms with Crippen LogP contribution in [0.4, 0.5) is 39.5 Å². The van der Waals surface area contributed by atoms with Crippen LogP contribution in [0.25, 0.3) is 0 Å². The van der Waals surface area contributed by atoms with E-state index in [1.165, 1.54) is 6.92 Å². The number of aliphatic hydroxyl groups is 1. The van der Waals surface area contributed by atoms with Gasteiger partial charge in [-0.3, -0.25) is 4.79 Å². The van der Waals surface area contributed by atoms with Crippen LogP contribution in [0.2, 0.25) is 0 Å². The molecular weight excluding hydrogens is 483 g/mol. The van der Waals surface area contributed by atoms with E-state index >= 15 is 0 Å². The average Bonchev–Trinajstić information content (AvgIpc) is 2.62. The molecule has 0 aromatic rings. The van der Waals surface area contributed by atoms with Crippen LogP contribution in [0.15, 0.2) is 0 Å². The first kappa shape index (κ1) is 30.8. The summed E-state index contributed by atoms with van der Waals surface area (Å²) in [5.41, 5.74) is -6.78. The minimum Gasteiger partial charge on any atom is -0.462 e. The van der Waals surface area contributed by atoms with Crippen LogP contribution in [0.1, 0.15) is 73.6 Å². The van der Waals surface area contributed by atoms with E-state index in [9.17, 15) is 49.4 Å². The fourth-order valence-corrected chi connectivity index (χ4v) is 4.85. The standard InChI is InChI=1S/C22H33F9O3/c1-7-18(6,11-17(3,4)5)16(32)34-15-9-13(12(2)20(23,24)25)8-14(10-15)19(33,21(26,27)28)22(29,30)31/h12-15,33H,7-11H2,1-6H3. The van der Waals surface area contributed by atoms with Crippen molar-refractivity contribution in [3.05, 3.63) is 0 Å². The fourth-order valence-electron chi connectivity index (χ4n) is 4.85. The van der Waals surface area contributed by atoms with Crippen molar-refractivity contribution < 1.29 is 54.2 Å². The molecule has 5 atom stereocenters. The summed E-state index contributed by atoms with van der Waals surface area (Å²) in [4.78, 5) is 12.9. The van der Waals surface area contributed by atoms with Crippen LogP contribution in [0.5, 0.6) is 0 Å². The molecule has 0 heterocycles. The molecular formula is C22H33F9O3. The van der Waals surface area contributed by atoms with E-state index in [1.54, 1.807) is 6.92 Å². The van der Waals surface area contributed by atoms with Crippen molar-refractivity contribution in [1.82, 2.24) is 0 Å². The van der Waals surface area contributed by atoms with Gasteiger partial charge in [-0.2, -0.15) is 39.5 Å². The van der Waals surface area contributed by atoms with E-state index in [0.29, 0.717) is 6.92 Å². The largest absolute Gasteiger partial charge is 0.462 e. The molecule has 1 N–H and O–H groups in total. The molecule has 1 rings (SSSR count). The number of ether oxygens (including phenoxy) is 1. The molecule has 0 aromatic heterocycles. The van der Waals surface area contributed by atoms with Gasteiger partial charge >= 0.3 is 24.5 Å². The lowest BCUT2D eigenvalue weighted by Gasteiger charge is -2.46. The summed E-state index contributed by atoms with van der Waals surface area (Å²) in [5, 5.41) is 9.85. The third-order valence-electron chi connectivity index (χ3n) is 6.85. The first-order chi connectivity index (χ1) is 14.9. The number of esters is 1. The molecule has 1 saturated carbocycles. The molecule has 0 spiro atoms. The molecule has 0 bridgehead atoms. The van der Waals surface area contributed by atoms with Crippen LogP contribution in [0.3, 0.4) is 0 Å². The van der Waals surface area contributed by atoms with Crippen LogP contribution in [-0.4, -0.2) is 41.3 Å². The maximum Gasteiger partial charge on any atom is 0.426 e. The smallest absolute Gasteiger partial charge is 0.426 e. The molecule has 202 valence electrons. The van der Waals surface area contributed by atoms with Crippen molar-refractivity contribution in [3.8, 4) is 0 Å². The molecule has 5 unspecified atom stereocenters. The number of carbonyl (C=O) groups is 1. The first-order valence-corrected chi connectivity index (χ1v) is 11.0. The van der Waals surface area contributed by atoms with Gasteiger partial charge in [0.05, 0.1) is 11.3 Å². The molecule has 0 aliphatic heterocycles. The van der Waals surface area contributed by atoms with E-state index in [1.807, 2.05) is 20.8 Å². The Labute approximate surface area is 193 Å². The van der Waals surface area contributed by atoms with Crippen LogP contribution in [-0.2, 0) is 9.53 Å². The minimum absolute atomic E-state index is 0.233. The molecule has 1 aliphatic rings. The van der Waals surface area contributed by atoms with Crippen LogP contribution in [0, 0.1) is 28.6 Å². The number of hydrogen-bond acceptors (Lipinski definition) is 3. The van der Waals surface area contributed by atoms with E-state index in [2.05, 4.69) is 0 Å². The molecule has 0 amide bonds. The van der Waals surface area contributed by atoms with Gasteiger partial charge in [0.25, 0.3) is 5.60 Å². The summed E-state index contributed by atoms with van der Waals surface area (Å²) in [7, 11) is 0. The quantitative estimate of drug-likeness (QED) is 0.300. The van der Waals surface area contributed by atoms with Crippen molar-refractivity contribution >= 4 is 5.97 Å². The first-order valence-electron chi connectivity index (χ1n) is 11.0. The second kappa shape index (κ2) is 9.69. The van der Waals surface area contributed by atoms with E-state index < -0.39 is 78.6 Å². The second-order valence-corrected chi connectivity index (χ2v) is 10.9. The van der Waals surface area contributed by atoms with Gasteiger partial charge in [-0.15, -0.1) is 0 Å². The highest BCUT2D eigenvalue weighted by molar-refractivity contribution is 5.76. The molecule has 12 heteroatoms. The molecule has 0 aromatic carbocycles. The van der Waals surface area contributed by atoms with Crippen LogP contribution >= 0.6 is 0 Å². The molecule has 1 aliphatic carbocycles. The fraction of sp³-hybridized carbons (Fsp3) is 0.955. The van der Waals surface area contributed by atoms with Gasteiger partial charge in [0.15, 0.2) is 0 Å². The zero-order valence-electron chi connectivity index (χ0n) is 20.0. The van der Waals surface area contributed by atoms with Crippen LogP contribution < -0.4 is 0 Å². The van der Waals surface area contributed by atoms with Crippen molar-refractivity contribution in [1.29, 1.82) is 0 Å². The van der Waals surface area contributed by atoms with Gasteiger partial charge < -0.3 is 9.84 Å². The number of alkyl halides is 9. The summed E-state index contributed by atoms with van der Waals surface area (Å²) < 4.78 is 126. The normalized spacial score (nSPS) is 26.1. The average molecular weight is 516 g/mol. The highest BCUT2D eigenvalue weighted by atomic mass is 19.4. The summed E-state index contributed by atoms with van der Waals surface area (Å²) in [5.74, 6) is -7.57. The molecule has 0 saturated heterocycles. The van der Waals surface area contributed by atoms with Gasteiger partial charge in [0.2, 0.25) is 0 Å².